The Morgan fingerprint density at radius 2 is 2.06 bits per heavy atom. The minimum atomic E-state index is 0.666. The van der Waals surface area contributed by atoms with Gasteiger partial charge in [-0.1, -0.05) is 13.0 Å². The van der Waals surface area contributed by atoms with Crippen molar-refractivity contribution >= 4 is 11.0 Å². The van der Waals surface area contributed by atoms with Crippen molar-refractivity contribution in [3.05, 3.63) is 36.1 Å². The van der Waals surface area contributed by atoms with Gasteiger partial charge in [-0.3, -0.25) is 0 Å². The Kier molecular flexibility index (Phi) is 5.73. The standard InChI is InChI=1S/C13H17NO.CH5N/c1-10(9-14-2)7-11-3-4-13-12(8-11)5-6-15-13;1-2/h3-6,8,10,14H,7,9H2,1-2H3;2H2,1H3. The van der Waals surface area contributed by atoms with E-state index in [1.165, 1.54) is 18.0 Å². The number of nitrogens with one attached hydrogen (secondary N) is 1. The van der Waals surface area contributed by atoms with Crippen LogP contribution in [0.25, 0.3) is 11.0 Å². The predicted molar refractivity (Wildman–Crippen MR) is 73.1 cm³/mol. The molecular formula is C14H22N2O. The number of nitrogens with two attached hydrogens (primary N) is 1. The maximum absolute atomic E-state index is 5.31. The highest BCUT2D eigenvalue weighted by atomic mass is 16.3. The summed E-state index contributed by atoms with van der Waals surface area (Å²) in [7, 11) is 3.50. The Balaban J connectivity index is 0.000000686. The van der Waals surface area contributed by atoms with Gasteiger partial charge in [0.2, 0.25) is 0 Å². The molecule has 2 rings (SSSR count). The van der Waals surface area contributed by atoms with Crippen LogP contribution in [0.5, 0.6) is 0 Å². The summed E-state index contributed by atoms with van der Waals surface area (Å²) < 4.78 is 5.31. The third kappa shape index (κ3) is 3.88. The molecule has 1 unspecified atom stereocenters. The first-order chi connectivity index (χ1) is 8.29. The van der Waals surface area contributed by atoms with Gasteiger partial charge >= 0.3 is 0 Å². The number of benzene rings is 1. The SMILES string of the molecule is CN.CNCC(C)Cc1ccc2occc2c1. The molecule has 0 radical (unpaired) electrons. The summed E-state index contributed by atoms with van der Waals surface area (Å²) in [6.45, 7) is 3.32. The molecule has 0 saturated carbocycles. The van der Waals surface area contributed by atoms with E-state index in [9.17, 15) is 0 Å². The van der Waals surface area contributed by atoms with Crippen LogP contribution < -0.4 is 11.1 Å². The van der Waals surface area contributed by atoms with Crippen LogP contribution in [0.2, 0.25) is 0 Å². The van der Waals surface area contributed by atoms with E-state index in [4.69, 9.17) is 4.42 Å². The van der Waals surface area contributed by atoms with E-state index in [1.54, 1.807) is 6.26 Å². The monoisotopic (exact) mass is 234 g/mol. The quantitative estimate of drug-likeness (QED) is 0.854. The second-order valence-corrected chi connectivity index (χ2v) is 4.16. The molecule has 0 aliphatic heterocycles. The van der Waals surface area contributed by atoms with Gasteiger partial charge in [0.25, 0.3) is 0 Å². The first kappa shape index (κ1) is 13.7. The fourth-order valence-electron chi connectivity index (χ4n) is 1.97. The van der Waals surface area contributed by atoms with Crippen molar-refractivity contribution in [3.8, 4) is 0 Å². The van der Waals surface area contributed by atoms with E-state index in [0.29, 0.717) is 5.92 Å². The number of furan rings is 1. The third-order valence-electron chi connectivity index (χ3n) is 2.65. The molecule has 3 heteroatoms. The van der Waals surface area contributed by atoms with Crippen LogP contribution in [0, 0.1) is 5.92 Å². The van der Waals surface area contributed by atoms with Crippen molar-refractivity contribution in [1.29, 1.82) is 0 Å². The second-order valence-electron chi connectivity index (χ2n) is 4.16. The average Bonchev–Trinajstić information content (AvgIpc) is 2.79. The Labute approximate surface area is 103 Å². The van der Waals surface area contributed by atoms with Gasteiger partial charge in [0.15, 0.2) is 0 Å². The van der Waals surface area contributed by atoms with Crippen LogP contribution >= 0.6 is 0 Å². The Morgan fingerprint density at radius 1 is 1.29 bits per heavy atom. The first-order valence-corrected chi connectivity index (χ1v) is 5.98. The maximum Gasteiger partial charge on any atom is 0.133 e. The zero-order valence-corrected chi connectivity index (χ0v) is 10.9. The number of fused-ring (bicyclic) bond motifs is 1. The molecule has 1 aromatic carbocycles. The summed E-state index contributed by atoms with van der Waals surface area (Å²) in [5.74, 6) is 0.666. The van der Waals surface area contributed by atoms with Crippen LogP contribution in [0.3, 0.4) is 0 Å². The van der Waals surface area contributed by atoms with Crippen molar-refractivity contribution in [1.82, 2.24) is 5.32 Å². The second kappa shape index (κ2) is 7.09. The first-order valence-electron chi connectivity index (χ1n) is 5.98. The lowest BCUT2D eigenvalue weighted by Crippen LogP contribution is -2.17. The van der Waals surface area contributed by atoms with Crippen LogP contribution in [0.4, 0.5) is 0 Å². The maximum atomic E-state index is 5.31. The molecule has 0 amide bonds. The van der Waals surface area contributed by atoms with Crippen molar-refractivity contribution in [2.45, 2.75) is 13.3 Å². The summed E-state index contributed by atoms with van der Waals surface area (Å²) in [4.78, 5) is 0. The highest BCUT2D eigenvalue weighted by Crippen LogP contribution is 2.18. The van der Waals surface area contributed by atoms with Gasteiger partial charge in [-0.25, -0.2) is 0 Å². The molecule has 1 heterocycles. The number of rotatable bonds is 4. The van der Waals surface area contributed by atoms with Crippen LogP contribution in [0.1, 0.15) is 12.5 Å². The van der Waals surface area contributed by atoms with Crippen molar-refractivity contribution in [3.63, 3.8) is 0 Å². The summed E-state index contributed by atoms with van der Waals surface area (Å²) in [5, 5.41) is 4.40. The minimum Gasteiger partial charge on any atom is -0.464 e. The van der Waals surface area contributed by atoms with Gasteiger partial charge in [-0.15, -0.1) is 0 Å². The van der Waals surface area contributed by atoms with Gasteiger partial charge in [-0.05, 0) is 56.7 Å². The largest absolute Gasteiger partial charge is 0.464 e. The van der Waals surface area contributed by atoms with Gasteiger partial charge in [0, 0.05) is 5.39 Å². The zero-order valence-electron chi connectivity index (χ0n) is 10.9. The molecule has 0 spiro atoms. The van der Waals surface area contributed by atoms with Crippen molar-refractivity contribution < 1.29 is 4.42 Å². The molecule has 1 aromatic heterocycles. The fourth-order valence-corrected chi connectivity index (χ4v) is 1.97. The topological polar surface area (TPSA) is 51.2 Å². The summed E-state index contributed by atoms with van der Waals surface area (Å²) in [6.07, 6.45) is 2.85. The molecule has 0 fully saturated rings. The van der Waals surface area contributed by atoms with E-state index in [0.717, 1.165) is 18.5 Å². The average molecular weight is 234 g/mol. The van der Waals surface area contributed by atoms with Crippen molar-refractivity contribution in [2.75, 3.05) is 20.6 Å². The Hall–Kier alpha value is -1.32. The van der Waals surface area contributed by atoms with E-state index in [-0.39, 0.29) is 0 Å². The van der Waals surface area contributed by atoms with Gasteiger partial charge in [-0.2, -0.15) is 0 Å². The Bertz CT molecular complexity index is 436. The smallest absolute Gasteiger partial charge is 0.133 e. The number of hydrogen-bond acceptors (Lipinski definition) is 3. The summed E-state index contributed by atoms with van der Waals surface area (Å²) >= 11 is 0. The molecule has 94 valence electrons. The van der Waals surface area contributed by atoms with Gasteiger partial charge < -0.3 is 15.5 Å². The number of hydrogen-bond donors (Lipinski definition) is 2. The van der Waals surface area contributed by atoms with E-state index >= 15 is 0 Å². The highest BCUT2D eigenvalue weighted by molar-refractivity contribution is 5.77. The van der Waals surface area contributed by atoms with Crippen LogP contribution in [-0.4, -0.2) is 20.6 Å². The van der Waals surface area contributed by atoms with Crippen LogP contribution in [-0.2, 0) is 6.42 Å². The molecule has 2 aromatic rings. The lowest BCUT2D eigenvalue weighted by molar-refractivity contribution is 0.542. The lowest BCUT2D eigenvalue weighted by Gasteiger charge is -2.10. The normalized spacial score (nSPS) is 12.0. The highest BCUT2D eigenvalue weighted by Gasteiger charge is 2.04. The Morgan fingerprint density at radius 3 is 2.76 bits per heavy atom. The predicted octanol–water partition coefficient (Wildman–Crippen LogP) is 2.41. The molecule has 3 nitrogen and oxygen atoms in total. The fraction of sp³-hybridized carbons (Fsp3) is 0.429. The molecule has 0 aliphatic carbocycles. The molecular weight excluding hydrogens is 212 g/mol. The van der Waals surface area contributed by atoms with Crippen molar-refractivity contribution in [2.24, 2.45) is 11.7 Å². The van der Waals surface area contributed by atoms with E-state index in [2.05, 4.69) is 36.2 Å². The molecule has 0 bridgehead atoms. The van der Waals surface area contributed by atoms with E-state index in [1.807, 2.05) is 13.1 Å². The lowest BCUT2D eigenvalue weighted by atomic mass is 10.0. The van der Waals surface area contributed by atoms with Gasteiger partial charge in [0.1, 0.15) is 5.58 Å². The summed E-state index contributed by atoms with van der Waals surface area (Å²) in [5.41, 5.74) is 6.85. The molecule has 1 atom stereocenters. The zero-order chi connectivity index (χ0) is 12.7. The summed E-state index contributed by atoms with van der Waals surface area (Å²) in [6, 6.07) is 8.43. The molecule has 3 N–H and O–H groups in total. The molecule has 0 saturated heterocycles. The van der Waals surface area contributed by atoms with Gasteiger partial charge in [0.05, 0.1) is 6.26 Å². The minimum absolute atomic E-state index is 0.666. The molecule has 0 aliphatic rings. The van der Waals surface area contributed by atoms with E-state index < -0.39 is 0 Å². The van der Waals surface area contributed by atoms with Crippen LogP contribution in [0.15, 0.2) is 34.9 Å². The third-order valence-corrected chi connectivity index (χ3v) is 2.65. The molecule has 17 heavy (non-hydrogen) atoms.